The summed E-state index contributed by atoms with van der Waals surface area (Å²) in [6.45, 7) is 2.01. The Kier molecular flexibility index (Phi) is 3.11. The van der Waals surface area contributed by atoms with E-state index in [9.17, 15) is 0 Å². The van der Waals surface area contributed by atoms with Gasteiger partial charge in [-0.1, -0.05) is 48.5 Å². The third-order valence-electron chi connectivity index (χ3n) is 3.13. The summed E-state index contributed by atoms with van der Waals surface area (Å²) in [6, 6.07) is 20.9. The first-order valence-electron chi connectivity index (χ1n) is 6.42. The van der Waals surface area contributed by atoms with Gasteiger partial charge in [-0.2, -0.15) is 0 Å². The van der Waals surface area contributed by atoms with E-state index in [4.69, 9.17) is 0 Å². The van der Waals surface area contributed by atoms with Gasteiger partial charge in [0.25, 0.3) is 0 Å². The average Bonchev–Trinajstić information content (AvgIpc) is 2.45. The van der Waals surface area contributed by atoms with E-state index in [0.717, 1.165) is 11.4 Å². The predicted octanol–water partition coefficient (Wildman–Crippen LogP) is 4.71. The van der Waals surface area contributed by atoms with Gasteiger partial charge in [-0.25, -0.2) is 0 Å². The van der Waals surface area contributed by atoms with Crippen LogP contribution in [-0.4, -0.2) is 4.98 Å². The zero-order chi connectivity index (χ0) is 13.1. The molecule has 2 aromatic carbocycles. The van der Waals surface area contributed by atoms with Gasteiger partial charge in [0.1, 0.15) is 0 Å². The molecule has 0 saturated carbocycles. The zero-order valence-electron chi connectivity index (χ0n) is 10.9. The highest BCUT2D eigenvalue weighted by atomic mass is 14.7. The Balaban J connectivity index is 1.92. The maximum Gasteiger partial charge on any atom is 0.0633 e. The van der Waals surface area contributed by atoms with Gasteiger partial charge in [0.2, 0.25) is 0 Å². The number of aryl methyl sites for hydroxylation is 1. The third kappa shape index (κ3) is 2.71. The van der Waals surface area contributed by atoms with Crippen LogP contribution in [-0.2, 0) is 0 Å². The maximum atomic E-state index is 4.46. The fraction of sp³-hybridized carbons (Fsp3) is 0.0556. The minimum atomic E-state index is 0.994. The number of aromatic nitrogens is 1. The molecule has 0 radical (unpaired) electrons. The molecule has 0 atom stereocenters. The second-order valence-corrected chi connectivity index (χ2v) is 4.64. The second kappa shape index (κ2) is 5.07. The van der Waals surface area contributed by atoms with Crippen LogP contribution in [0.5, 0.6) is 0 Å². The molecule has 1 aromatic heterocycles. The van der Waals surface area contributed by atoms with Gasteiger partial charge in [0.15, 0.2) is 0 Å². The number of benzene rings is 2. The van der Waals surface area contributed by atoms with E-state index < -0.39 is 0 Å². The lowest BCUT2D eigenvalue weighted by molar-refractivity contribution is 1.18. The Labute approximate surface area is 113 Å². The van der Waals surface area contributed by atoms with Gasteiger partial charge in [0, 0.05) is 5.69 Å². The number of pyridine rings is 1. The number of hydrogen-bond acceptors (Lipinski definition) is 1. The van der Waals surface area contributed by atoms with Crippen molar-refractivity contribution in [3.05, 3.63) is 77.6 Å². The quantitative estimate of drug-likeness (QED) is 0.637. The first-order valence-corrected chi connectivity index (χ1v) is 6.42. The molecule has 3 rings (SSSR count). The minimum absolute atomic E-state index is 0.994. The van der Waals surface area contributed by atoms with Crippen LogP contribution < -0.4 is 0 Å². The summed E-state index contributed by atoms with van der Waals surface area (Å²) in [5.74, 6) is 0. The average molecular weight is 245 g/mol. The van der Waals surface area contributed by atoms with Gasteiger partial charge >= 0.3 is 0 Å². The van der Waals surface area contributed by atoms with Crippen molar-refractivity contribution in [1.29, 1.82) is 0 Å². The largest absolute Gasteiger partial charge is 0.254 e. The Morgan fingerprint density at radius 1 is 0.789 bits per heavy atom. The summed E-state index contributed by atoms with van der Waals surface area (Å²) in [6.07, 6.45) is 4.16. The molecule has 0 N–H and O–H groups in total. The monoisotopic (exact) mass is 245 g/mol. The molecule has 0 unspecified atom stereocenters. The molecule has 0 aliphatic rings. The van der Waals surface area contributed by atoms with Crippen LogP contribution >= 0.6 is 0 Å². The van der Waals surface area contributed by atoms with Crippen molar-refractivity contribution in [2.45, 2.75) is 6.92 Å². The summed E-state index contributed by atoms with van der Waals surface area (Å²) in [7, 11) is 0. The molecule has 0 bridgehead atoms. The summed E-state index contributed by atoms with van der Waals surface area (Å²) in [4.78, 5) is 4.46. The number of hydrogen-bond donors (Lipinski definition) is 0. The molecule has 1 nitrogen and oxygen atoms in total. The molecule has 92 valence electrons. The van der Waals surface area contributed by atoms with E-state index in [1.165, 1.54) is 16.3 Å². The Morgan fingerprint density at radius 3 is 2.47 bits per heavy atom. The SMILES string of the molecule is Cc1cccc(/C=C/c2ccc3ccccc3c2)n1. The van der Waals surface area contributed by atoms with E-state index >= 15 is 0 Å². The van der Waals surface area contributed by atoms with Gasteiger partial charge in [-0.3, -0.25) is 4.98 Å². The Hall–Kier alpha value is -2.41. The second-order valence-electron chi connectivity index (χ2n) is 4.64. The summed E-state index contributed by atoms with van der Waals surface area (Å²) < 4.78 is 0. The van der Waals surface area contributed by atoms with Crippen LogP contribution in [0.3, 0.4) is 0 Å². The molecular formula is C18H15N. The molecular weight excluding hydrogens is 230 g/mol. The molecule has 19 heavy (non-hydrogen) atoms. The van der Waals surface area contributed by atoms with Gasteiger partial charge in [0.05, 0.1) is 5.69 Å². The third-order valence-corrected chi connectivity index (χ3v) is 3.13. The van der Waals surface area contributed by atoms with Gasteiger partial charge < -0.3 is 0 Å². The van der Waals surface area contributed by atoms with Crippen LogP contribution in [0, 0.1) is 6.92 Å². The highest BCUT2D eigenvalue weighted by molar-refractivity contribution is 5.85. The number of nitrogens with zero attached hydrogens (tertiary/aromatic N) is 1. The van der Waals surface area contributed by atoms with Crippen LogP contribution in [0.15, 0.2) is 60.7 Å². The number of rotatable bonds is 2. The van der Waals surface area contributed by atoms with Crippen LogP contribution in [0.4, 0.5) is 0 Å². The van der Waals surface area contributed by atoms with Crippen LogP contribution in [0.25, 0.3) is 22.9 Å². The fourth-order valence-electron chi connectivity index (χ4n) is 2.15. The molecule has 0 aliphatic heterocycles. The van der Waals surface area contributed by atoms with Crippen molar-refractivity contribution in [3.8, 4) is 0 Å². The van der Waals surface area contributed by atoms with Crippen molar-refractivity contribution in [2.24, 2.45) is 0 Å². The van der Waals surface area contributed by atoms with E-state index in [2.05, 4.69) is 59.6 Å². The Morgan fingerprint density at radius 2 is 1.63 bits per heavy atom. The highest BCUT2D eigenvalue weighted by Gasteiger charge is 1.94. The zero-order valence-corrected chi connectivity index (χ0v) is 10.9. The summed E-state index contributed by atoms with van der Waals surface area (Å²) in [5.41, 5.74) is 3.23. The first kappa shape index (κ1) is 11.7. The Bertz CT molecular complexity index is 741. The van der Waals surface area contributed by atoms with Crippen LogP contribution in [0.2, 0.25) is 0 Å². The van der Waals surface area contributed by atoms with Crippen LogP contribution in [0.1, 0.15) is 17.0 Å². The van der Waals surface area contributed by atoms with E-state index in [-0.39, 0.29) is 0 Å². The molecule has 1 heteroatoms. The summed E-state index contributed by atoms with van der Waals surface area (Å²) >= 11 is 0. The fourth-order valence-corrected chi connectivity index (χ4v) is 2.15. The minimum Gasteiger partial charge on any atom is -0.254 e. The maximum absolute atomic E-state index is 4.46. The van der Waals surface area contributed by atoms with Crippen molar-refractivity contribution in [3.63, 3.8) is 0 Å². The van der Waals surface area contributed by atoms with Crippen molar-refractivity contribution in [2.75, 3.05) is 0 Å². The lowest BCUT2D eigenvalue weighted by atomic mass is 10.1. The highest BCUT2D eigenvalue weighted by Crippen LogP contribution is 2.17. The standard InChI is InChI=1S/C18H15N/c1-14-5-4-8-18(19-14)12-10-15-9-11-16-6-2-3-7-17(16)13-15/h2-13H,1H3/b12-10+. The first-order chi connectivity index (χ1) is 9.31. The topological polar surface area (TPSA) is 12.9 Å². The van der Waals surface area contributed by atoms with E-state index in [0.29, 0.717) is 0 Å². The molecule has 0 aliphatic carbocycles. The van der Waals surface area contributed by atoms with E-state index in [1.54, 1.807) is 0 Å². The summed E-state index contributed by atoms with van der Waals surface area (Å²) in [5, 5.41) is 2.54. The molecule has 0 saturated heterocycles. The lowest BCUT2D eigenvalue weighted by Gasteiger charge is -1.99. The smallest absolute Gasteiger partial charge is 0.0633 e. The lowest BCUT2D eigenvalue weighted by Crippen LogP contribution is -1.83. The molecule has 0 spiro atoms. The van der Waals surface area contributed by atoms with Crippen molar-refractivity contribution in [1.82, 2.24) is 4.98 Å². The van der Waals surface area contributed by atoms with Gasteiger partial charge in [-0.05, 0) is 47.5 Å². The number of fused-ring (bicyclic) bond motifs is 1. The predicted molar refractivity (Wildman–Crippen MR) is 81.9 cm³/mol. The molecule has 0 fully saturated rings. The van der Waals surface area contributed by atoms with Crippen molar-refractivity contribution < 1.29 is 0 Å². The van der Waals surface area contributed by atoms with E-state index in [1.807, 2.05) is 25.1 Å². The normalized spacial score (nSPS) is 11.2. The van der Waals surface area contributed by atoms with Gasteiger partial charge in [-0.15, -0.1) is 0 Å². The molecule has 1 heterocycles. The molecule has 3 aromatic rings. The molecule has 0 amide bonds. The van der Waals surface area contributed by atoms with Crippen molar-refractivity contribution >= 4 is 22.9 Å².